The number of piperazine rings is 1. The number of imidazole rings is 1. The molecule has 1 atom stereocenters. The van der Waals surface area contributed by atoms with Crippen molar-refractivity contribution in [3.63, 3.8) is 0 Å². The summed E-state index contributed by atoms with van der Waals surface area (Å²) in [5, 5.41) is 3.44. The summed E-state index contributed by atoms with van der Waals surface area (Å²) in [4.78, 5) is 21.6. The number of benzene rings is 2. The number of aromatic nitrogens is 2. The molecule has 1 N–H and O–H groups in total. The Labute approximate surface area is 189 Å². The summed E-state index contributed by atoms with van der Waals surface area (Å²) in [5.74, 6) is 1.04. The highest BCUT2D eigenvalue weighted by atomic mass is 16.5. The summed E-state index contributed by atoms with van der Waals surface area (Å²) in [5.41, 5.74) is 5.92. The monoisotopic (exact) mass is 433 g/mol. The number of ether oxygens (including phenoxy) is 1. The average molecular weight is 434 g/mol. The number of hydrogen-bond donors (Lipinski definition) is 1. The van der Waals surface area contributed by atoms with Crippen LogP contribution >= 0.6 is 0 Å². The van der Waals surface area contributed by atoms with Crippen LogP contribution in [0, 0.1) is 0 Å². The van der Waals surface area contributed by atoms with E-state index in [0.29, 0.717) is 13.1 Å². The highest BCUT2D eigenvalue weighted by Crippen LogP contribution is 2.34. The van der Waals surface area contributed by atoms with Gasteiger partial charge in [-0.25, -0.2) is 9.78 Å². The fraction of sp³-hybridized carbons (Fsp3) is 0.440. The second kappa shape index (κ2) is 8.82. The highest BCUT2D eigenvalue weighted by molar-refractivity contribution is 5.84. The van der Waals surface area contributed by atoms with Crippen LogP contribution in [0.4, 0.5) is 10.7 Å². The largest absolute Gasteiger partial charge is 0.453 e. The SMILES string of the molecule is COC(=O)N1CCc2ccc3c(nc(N4CCNCC4)n3[C@@H](C)Cc3ccccc3)c2C1. The van der Waals surface area contributed by atoms with Crippen LogP contribution < -0.4 is 10.2 Å². The van der Waals surface area contributed by atoms with E-state index in [1.165, 1.54) is 18.2 Å². The molecule has 2 aliphatic rings. The molecule has 1 fully saturated rings. The topological polar surface area (TPSA) is 62.6 Å². The summed E-state index contributed by atoms with van der Waals surface area (Å²) in [6.45, 7) is 7.32. The summed E-state index contributed by atoms with van der Waals surface area (Å²) in [7, 11) is 1.45. The van der Waals surface area contributed by atoms with Gasteiger partial charge in [-0.2, -0.15) is 0 Å². The van der Waals surface area contributed by atoms with Gasteiger partial charge in [0.05, 0.1) is 24.7 Å². The predicted molar refractivity (Wildman–Crippen MR) is 126 cm³/mol. The standard InChI is InChI=1S/C25H31N5O2/c1-18(16-19-6-4-3-5-7-19)30-22-9-8-20-10-13-29(25(31)32-2)17-21(20)23(22)27-24(30)28-14-11-26-12-15-28/h3-9,18,26H,10-17H2,1-2H3/t18-/m0/s1. The van der Waals surface area contributed by atoms with Gasteiger partial charge in [-0.1, -0.05) is 36.4 Å². The molecule has 0 radical (unpaired) electrons. The molecular formula is C25H31N5O2. The van der Waals surface area contributed by atoms with Crippen molar-refractivity contribution in [2.24, 2.45) is 0 Å². The number of carbonyl (C=O) groups is 1. The molecule has 3 heterocycles. The third-order valence-electron chi connectivity index (χ3n) is 6.69. The summed E-state index contributed by atoms with van der Waals surface area (Å²) in [6, 6.07) is 15.3. The molecule has 0 saturated carbocycles. The van der Waals surface area contributed by atoms with Gasteiger partial charge in [0.25, 0.3) is 0 Å². The number of amides is 1. The maximum atomic E-state index is 12.2. The second-order valence-corrected chi connectivity index (χ2v) is 8.77. The van der Waals surface area contributed by atoms with E-state index in [1.807, 2.05) is 0 Å². The van der Waals surface area contributed by atoms with E-state index >= 15 is 0 Å². The predicted octanol–water partition coefficient (Wildman–Crippen LogP) is 3.37. The molecule has 3 aromatic rings. The molecule has 2 aromatic carbocycles. The molecule has 7 heteroatoms. The van der Waals surface area contributed by atoms with Gasteiger partial charge < -0.3 is 24.4 Å². The third-order valence-corrected chi connectivity index (χ3v) is 6.69. The zero-order valence-corrected chi connectivity index (χ0v) is 18.9. The number of fused-ring (bicyclic) bond motifs is 3. The number of carbonyl (C=O) groups excluding carboxylic acids is 1. The maximum Gasteiger partial charge on any atom is 0.409 e. The molecule has 0 spiro atoms. The number of nitrogens with one attached hydrogen (secondary N) is 1. The van der Waals surface area contributed by atoms with Gasteiger partial charge in [0, 0.05) is 44.3 Å². The van der Waals surface area contributed by atoms with Gasteiger partial charge in [-0.05, 0) is 37.0 Å². The zero-order valence-electron chi connectivity index (χ0n) is 18.9. The Morgan fingerprint density at radius 1 is 1.12 bits per heavy atom. The lowest BCUT2D eigenvalue weighted by atomic mass is 9.98. The molecule has 0 unspecified atom stereocenters. The number of rotatable bonds is 4. The van der Waals surface area contributed by atoms with Crippen molar-refractivity contribution in [1.29, 1.82) is 0 Å². The average Bonchev–Trinajstić information content (AvgIpc) is 3.25. The minimum Gasteiger partial charge on any atom is -0.453 e. The Kier molecular flexibility index (Phi) is 5.74. The van der Waals surface area contributed by atoms with Crippen LogP contribution in [0.3, 0.4) is 0 Å². The molecule has 32 heavy (non-hydrogen) atoms. The van der Waals surface area contributed by atoms with Gasteiger partial charge in [-0.15, -0.1) is 0 Å². The van der Waals surface area contributed by atoms with Gasteiger partial charge in [0.15, 0.2) is 0 Å². The minimum atomic E-state index is -0.271. The third kappa shape index (κ3) is 3.81. The maximum absolute atomic E-state index is 12.2. The van der Waals surface area contributed by atoms with Crippen molar-refractivity contribution in [3.8, 4) is 0 Å². The fourth-order valence-electron chi connectivity index (χ4n) is 5.04. The van der Waals surface area contributed by atoms with E-state index in [2.05, 4.69) is 64.2 Å². The van der Waals surface area contributed by atoms with E-state index in [-0.39, 0.29) is 12.1 Å². The van der Waals surface area contributed by atoms with Crippen LogP contribution in [0.5, 0.6) is 0 Å². The van der Waals surface area contributed by atoms with E-state index in [1.54, 1.807) is 4.90 Å². The normalized spacial score (nSPS) is 17.3. The molecule has 1 amide bonds. The molecule has 1 aromatic heterocycles. The first kappa shape index (κ1) is 20.8. The Hall–Kier alpha value is -3.06. The number of hydrogen-bond acceptors (Lipinski definition) is 5. The first-order valence-electron chi connectivity index (χ1n) is 11.5. The lowest BCUT2D eigenvalue weighted by Crippen LogP contribution is -2.44. The van der Waals surface area contributed by atoms with Crippen LogP contribution in [0.25, 0.3) is 11.0 Å². The van der Waals surface area contributed by atoms with Crippen molar-refractivity contribution in [3.05, 3.63) is 59.2 Å². The van der Waals surface area contributed by atoms with Gasteiger partial charge in [0.2, 0.25) is 5.95 Å². The van der Waals surface area contributed by atoms with Crippen molar-refractivity contribution in [1.82, 2.24) is 19.8 Å². The molecular weight excluding hydrogens is 402 g/mol. The summed E-state index contributed by atoms with van der Waals surface area (Å²) in [6.07, 6.45) is 1.50. The first-order valence-corrected chi connectivity index (χ1v) is 11.5. The van der Waals surface area contributed by atoms with E-state index in [9.17, 15) is 4.79 Å². The minimum absolute atomic E-state index is 0.255. The quantitative estimate of drug-likeness (QED) is 0.684. The molecule has 7 nitrogen and oxygen atoms in total. The second-order valence-electron chi connectivity index (χ2n) is 8.77. The lowest BCUT2D eigenvalue weighted by Gasteiger charge is -2.30. The Morgan fingerprint density at radius 2 is 1.91 bits per heavy atom. The smallest absolute Gasteiger partial charge is 0.409 e. The lowest BCUT2D eigenvalue weighted by molar-refractivity contribution is 0.119. The molecule has 5 rings (SSSR count). The van der Waals surface area contributed by atoms with E-state index < -0.39 is 0 Å². The number of nitrogens with zero attached hydrogens (tertiary/aromatic N) is 4. The summed E-state index contributed by atoms with van der Waals surface area (Å²) < 4.78 is 7.40. The van der Waals surface area contributed by atoms with Crippen molar-refractivity contribution in [2.75, 3.05) is 44.7 Å². The Bertz CT molecular complexity index is 1100. The molecule has 1 saturated heterocycles. The molecule has 0 bridgehead atoms. The first-order chi connectivity index (χ1) is 15.7. The summed E-state index contributed by atoms with van der Waals surface area (Å²) >= 11 is 0. The Morgan fingerprint density at radius 3 is 2.66 bits per heavy atom. The van der Waals surface area contributed by atoms with Crippen molar-refractivity contribution >= 4 is 23.1 Å². The van der Waals surface area contributed by atoms with Crippen molar-refractivity contribution < 1.29 is 9.53 Å². The van der Waals surface area contributed by atoms with Crippen LogP contribution in [-0.4, -0.2) is 60.4 Å². The van der Waals surface area contributed by atoms with E-state index in [0.717, 1.165) is 61.6 Å². The number of methoxy groups -OCH3 is 1. The number of anilines is 1. The van der Waals surface area contributed by atoms with Gasteiger partial charge in [0.1, 0.15) is 0 Å². The highest BCUT2D eigenvalue weighted by Gasteiger charge is 2.28. The zero-order chi connectivity index (χ0) is 22.1. The molecule has 0 aliphatic carbocycles. The van der Waals surface area contributed by atoms with Gasteiger partial charge in [-0.3, -0.25) is 0 Å². The van der Waals surface area contributed by atoms with E-state index in [4.69, 9.17) is 9.72 Å². The van der Waals surface area contributed by atoms with Crippen LogP contribution in [0.1, 0.15) is 29.7 Å². The molecule has 168 valence electrons. The Balaban J connectivity index is 1.60. The fourth-order valence-corrected chi connectivity index (χ4v) is 5.04. The van der Waals surface area contributed by atoms with Crippen LogP contribution in [0.15, 0.2) is 42.5 Å². The van der Waals surface area contributed by atoms with Crippen molar-refractivity contribution in [2.45, 2.75) is 32.4 Å². The van der Waals surface area contributed by atoms with Gasteiger partial charge >= 0.3 is 6.09 Å². The van der Waals surface area contributed by atoms with Crippen LogP contribution in [-0.2, 0) is 24.1 Å². The molecule has 2 aliphatic heterocycles. The van der Waals surface area contributed by atoms with Crippen LogP contribution in [0.2, 0.25) is 0 Å².